The van der Waals surface area contributed by atoms with Crippen LogP contribution < -0.4 is 5.32 Å². The van der Waals surface area contributed by atoms with Crippen LogP contribution in [0.5, 0.6) is 0 Å². The van der Waals surface area contributed by atoms with E-state index in [4.69, 9.17) is 0 Å². The molecule has 0 atom stereocenters. The molecule has 74 valence electrons. The lowest BCUT2D eigenvalue weighted by Crippen LogP contribution is -2.12. The number of fused-ring (bicyclic) bond motifs is 1. The molecule has 2 rings (SSSR count). The van der Waals surface area contributed by atoms with Crippen LogP contribution in [0.15, 0.2) is 24.4 Å². The molecule has 0 aromatic carbocycles. The largest absolute Gasteiger partial charge is 0.319 e. The summed E-state index contributed by atoms with van der Waals surface area (Å²) >= 11 is 0. The average molecular weight is 189 g/mol. The fourth-order valence-electron chi connectivity index (χ4n) is 1.71. The van der Waals surface area contributed by atoms with Crippen LogP contribution in [0.3, 0.4) is 0 Å². The first kappa shape index (κ1) is 9.21. The lowest BCUT2D eigenvalue weighted by molar-refractivity contribution is 0.767. The second-order valence-electron chi connectivity index (χ2n) is 3.43. The zero-order valence-corrected chi connectivity index (χ0v) is 8.62. The molecular formula is C11H15N3. The Labute approximate surface area is 83.8 Å². The topological polar surface area (TPSA) is 29.3 Å². The molecule has 0 aliphatic heterocycles. The third kappa shape index (κ3) is 1.51. The molecule has 0 fully saturated rings. The zero-order valence-electron chi connectivity index (χ0n) is 8.62. The summed E-state index contributed by atoms with van der Waals surface area (Å²) in [5.74, 6) is 0. The van der Waals surface area contributed by atoms with Crippen molar-refractivity contribution in [1.29, 1.82) is 0 Å². The highest BCUT2D eigenvalue weighted by Crippen LogP contribution is 2.11. The third-order valence-corrected chi connectivity index (χ3v) is 2.44. The van der Waals surface area contributed by atoms with Crippen molar-refractivity contribution in [2.24, 2.45) is 0 Å². The molecule has 3 heteroatoms. The third-order valence-electron chi connectivity index (χ3n) is 2.44. The highest BCUT2D eigenvalue weighted by molar-refractivity contribution is 5.42. The van der Waals surface area contributed by atoms with E-state index in [2.05, 4.69) is 27.8 Å². The summed E-state index contributed by atoms with van der Waals surface area (Å²) in [5, 5.41) is 3.16. The summed E-state index contributed by atoms with van der Waals surface area (Å²) in [4.78, 5) is 4.50. The van der Waals surface area contributed by atoms with E-state index in [1.54, 1.807) is 0 Å². The van der Waals surface area contributed by atoms with Crippen molar-refractivity contribution in [2.75, 3.05) is 13.6 Å². The first-order valence-electron chi connectivity index (χ1n) is 4.90. The molecule has 0 radical (unpaired) electrons. The van der Waals surface area contributed by atoms with Gasteiger partial charge in [0.2, 0.25) is 0 Å². The summed E-state index contributed by atoms with van der Waals surface area (Å²) in [6, 6.07) is 6.09. The summed E-state index contributed by atoms with van der Waals surface area (Å²) < 4.78 is 2.16. The molecule has 0 aliphatic carbocycles. The van der Waals surface area contributed by atoms with Gasteiger partial charge in [0.15, 0.2) is 0 Å². The van der Waals surface area contributed by atoms with Gasteiger partial charge in [-0.1, -0.05) is 6.07 Å². The Morgan fingerprint density at radius 3 is 3.07 bits per heavy atom. The number of hydrogen-bond donors (Lipinski definition) is 1. The van der Waals surface area contributed by atoms with E-state index in [0.29, 0.717) is 0 Å². The number of aryl methyl sites for hydroxylation is 1. The van der Waals surface area contributed by atoms with Gasteiger partial charge in [-0.15, -0.1) is 0 Å². The van der Waals surface area contributed by atoms with E-state index < -0.39 is 0 Å². The van der Waals surface area contributed by atoms with Gasteiger partial charge in [-0.3, -0.25) is 0 Å². The molecule has 0 spiro atoms. The van der Waals surface area contributed by atoms with Gasteiger partial charge in [-0.25, -0.2) is 4.98 Å². The Morgan fingerprint density at radius 2 is 2.29 bits per heavy atom. The molecule has 0 bridgehead atoms. The normalized spacial score (nSPS) is 11.0. The van der Waals surface area contributed by atoms with Gasteiger partial charge >= 0.3 is 0 Å². The molecule has 14 heavy (non-hydrogen) atoms. The van der Waals surface area contributed by atoms with Gasteiger partial charge < -0.3 is 9.72 Å². The molecule has 3 nitrogen and oxygen atoms in total. The fourth-order valence-corrected chi connectivity index (χ4v) is 1.71. The number of hydrogen-bond acceptors (Lipinski definition) is 2. The SMILES string of the molecule is CNCCc1c(C)nc2ccccn12. The van der Waals surface area contributed by atoms with E-state index in [-0.39, 0.29) is 0 Å². The Balaban J connectivity index is 2.45. The lowest BCUT2D eigenvalue weighted by atomic mass is 10.2. The first-order valence-corrected chi connectivity index (χ1v) is 4.90. The number of pyridine rings is 1. The summed E-state index contributed by atoms with van der Waals surface area (Å²) in [7, 11) is 1.97. The van der Waals surface area contributed by atoms with Crippen LogP contribution >= 0.6 is 0 Å². The predicted molar refractivity (Wildman–Crippen MR) is 57.6 cm³/mol. The molecule has 0 amide bonds. The Morgan fingerprint density at radius 1 is 1.43 bits per heavy atom. The molecule has 2 aromatic heterocycles. The van der Waals surface area contributed by atoms with Crippen molar-refractivity contribution in [2.45, 2.75) is 13.3 Å². The van der Waals surface area contributed by atoms with Crippen LogP contribution in [-0.2, 0) is 6.42 Å². The van der Waals surface area contributed by atoms with Gasteiger partial charge in [0.25, 0.3) is 0 Å². The smallest absolute Gasteiger partial charge is 0.137 e. The molecule has 0 saturated heterocycles. The highest BCUT2D eigenvalue weighted by Gasteiger charge is 2.06. The van der Waals surface area contributed by atoms with Crippen molar-refractivity contribution in [3.63, 3.8) is 0 Å². The molecule has 0 aliphatic rings. The number of aromatic nitrogens is 2. The van der Waals surface area contributed by atoms with Gasteiger partial charge in [-0.05, 0) is 26.1 Å². The monoisotopic (exact) mass is 189 g/mol. The number of likely N-dealkylation sites (N-methyl/N-ethyl adjacent to an activating group) is 1. The molecular weight excluding hydrogens is 174 g/mol. The van der Waals surface area contributed by atoms with Crippen molar-refractivity contribution in [1.82, 2.24) is 14.7 Å². The van der Waals surface area contributed by atoms with Crippen molar-refractivity contribution in [3.8, 4) is 0 Å². The predicted octanol–water partition coefficient (Wildman–Crippen LogP) is 1.40. The minimum absolute atomic E-state index is 0.990. The maximum Gasteiger partial charge on any atom is 0.137 e. The maximum absolute atomic E-state index is 4.50. The molecule has 2 heterocycles. The van der Waals surface area contributed by atoms with E-state index >= 15 is 0 Å². The highest BCUT2D eigenvalue weighted by atomic mass is 15.0. The number of imidazole rings is 1. The second-order valence-corrected chi connectivity index (χ2v) is 3.43. The minimum Gasteiger partial charge on any atom is -0.319 e. The number of rotatable bonds is 3. The van der Waals surface area contributed by atoms with Crippen LogP contribution in [-0.4, -0.2) is 23.0 Å². The van der Waals surface area contributed by atoms with Gasteiger partial charge in [0, 0.05) is 24.9 Å². The molecule has 2 aromatic rings. The summed E-state index contributed by atoms with van der Waals surface area (Å²) in [5.41, 5.74) is 3.47. The van der Waals surface area contributed by atoms with Crippen molar-refractivity contribution >= 4 is 5.65 Å². The Bertz CT molecular complexity index is 431. The molecule has 1 N–H and O–H groups in total. The quantitative estimate of drug-likeness (QED) is 0.791. The van der Waals surface area contributed by atoms with Crippen molar-refractivity contribution in [3.05, 3.63) is 35.8 Å². The Kier molecular flexibility index (Phi) is 2.50. The maximum atomic E-state index is 4.50. The average Bonchev–Trinajstić information content (AvgIpc) is 2.51. The van der Waals surface area contributed by atoms with Gasteiger partial charge in [0.05, 0.1) is 5.69 Å². The standard InChI is InChI=1S/C11H15N3/c1-9-10(6-7-12-2)14-8-4-3-5-11(14)13-9/h3-5,8,12H,6-7H2,1-2H3. The molecule has 0 unspecified atom stereocenters. The zero-order chi connectivity index (χ0) is 9.97. The van der Waals surface area contributed by atoms with Gasteiger partial charge in [-0.2, -0.15) is 0 Å². The fraction of sp³-hybridized carbons (Fsp3) is 0.364. The summed E-state index contributed by atoms with van der Waals surface area (Å²) in [6.45, 7) is 3.06. The van der Waals surface area contributed by atoms with E-state index in [0.717, 1.165) is 24.3 Å². The minimum atomic E-state index is 0.990. The molecule has 0 saturated carbocycles. The van der Waals surface area contributed by atoms with E-state index in [9.17, 15) is 0 Å². The van der Waals surface area contributed by atoms with Crippen LogP contribution in [0.2, 0.25) is 0 Å². The van der Waals surface area contributed by atoms with Crippen LogP contribution in [0.1, 0.15) is 11.4 Å². The Hall–Kier alpha value is -1.35. The van der Waals surface area contributed by atoms with Crippen LogP contribution in [0.25, 0.3) is 5.65 Å². The van der Waals surface area contributed by atoms with Crippen molar-refractivity contribution < 1.29 is 0 Å². The van der Waals surface area contributed by atoms with E-state index in [1.807, 2.05) is 25.2 Å². The first-order chi connectivity index (χ1) is 6.83. The second kappa shape index (κ2) is 3.80. The van der Waals surface area contributed by atoms with Gasteiger partial charge in [0.1, 0.15) is 5.65 Å². The number of nitrogens with one attached hydrogen (secondary N) is 1. The van der Waals surface area contributed by atoms with E-state index in [1.165, 1.54) is 5.69 Å². The number of nitrogens with zero attached hydrogens (tertiary/aromatic N) is 2. The van der Waals surface area contributed by atoms with Crippen LogP contribution in [0, 0.1) is 6.92 Å². The lowest BCUT2D eigenvalue weighted by Gasteiger charge is -2.01. The van der Waals surface area contributed by atoms with Crippen LogP contribution in [0.4, 0.5) is 0 Å². The summed E-state index contributed by atoms with van der Waals surface area (Å²) in [6.07, 6.45) is 3.09.